The van der Waals surface area contributed by atoms with Crippen LogP contribution in [0.15, 0.2) is 64.6 Å². The van der Waals surface area contributed by atoms with Gasteiger partial charge in [-0.15, -0.1) is 0 Å². The topological polar surface area (TPSA) is 119 Å². The average molecular weight is 605 g/mol. The van der Waals surface area contributed by atoms with Crippen LogP contribution in [-0.4, -0.2) is 22.8 Å². The van der Waals surface area contributed by atoms with Crippen molar-refractivity contribution in [2.24, 2.45) is 0 Å². The van der Waals surface area contributed by atoms with Crippen LogP contribution >= 0.6 is 39.1 Å². The van der Waals surface area contributed by atoms with E-state index in [1.807, 2.05) is 0 Å². The lowest BCUT2D eigenvalue weighted by Crippen LogP contribution is -2.54. The number of ether oxygens (including phenoxy) is 1. The molecule has 12 heteroatoms. The van der Waals surface area contributed by atoms with Crippen molar-refractivity contribution in [3.63, 3.8) is 0 Å². The number of hydrogen-bond acceptors (Lipinski definition) is 6. The van der Waals surface area contributed by atoms with Crippen LogP contribution in [0.1, 0.15) is 16.7 Å². The Hall–Kier alpha value is -3.73. The molecule has 4 rings (SSSR count). The molecule has 0 saturated carbocycles. The van der Waals surface area contributed by atoms with Gasteiger partial charge in [-0.2, -0.15) is 0 Å². The first-order chi connectivity index (χ1) is 17.5. The van der Waals surface area contributed by atoms with Crippen molar-refractivity contribution in [3.05, 3.63) is 101 Å². The Morgan fingerprint density at radius 3 is 2.51 bits per heavy atom. The zero-order chi connectivity index (χ0) is 26.9. The standard InChI is InChI=1S/C25H16BrCl2N3O6/c1-13-5-6-16(11-20(13)27)30-24(33)18(23(32)29-25(30)34)8-15-9-19(26)22(21(28)10-15)37-12-14-3-2-4-17(7-14)31(35)36/h2-11H,12H2,1H3,(H,29,32,34)/b18-8-. The summed E-state index contributed by atoms with van der Waals surface area (Å²) in [4.78, 5) is 49.4. The Kier molecular flexibility index (Phi) is 7.63. The summed E-state index contributed by atoms with van der Waals surface area (Å²) in [6.07, 6.45) is 1.30. The van der Waals surface area contributed by atoms with Gasteiger partial charge < -0.3 is 4.74 Å². The Morgan fingerprint density at radius 2 is 1.84 bits per heavy atom. The summed E-state index contributed by atoms with van der Waals surface area (Å²) < 4.78 is 6.17. The molecular formula is C25H16BrCl2N3O6. The molecule has 0 spiro atoms. The van der Waals surface area contributed by atoms with E-state index in [1.165, 1.54) is 30.3 Å². The number of benzene rings is 3. The van der Waals surface area contributed by atoms with Crippen LogP contribution < -0.4 is 15.0 Å². The molecule has 1 heterocycles. The Morgan fingerprint density at radius 1 is 1.08 bits per heavy atom. The largest absolute Gasteiger partial charge is 0.486 e. The Bertz CT molecular complexity index is 1480. The monoisotopic (exact) mass is 603 g/mol. The lowest BCUT2D eigenvalue weighted by molar-refractivity contribution is -0.384. The van der Waals surface area contributed by atoms with Crippen molar-refractivity contribution in [1.82, 2.24) is 5.32 Å². The maximum absolute atomic E-state index is 13.1. The first-order valence-corrected chi connectivity index (χ1v) is 12.1. The lowest BCUT2D eigenvalue weighted by Gasteiger charge is -2.26. The summed E-state index contributed by atoms with van der Waals surface area (Å²) in [6.45, 7) is 1.79. The molecule has 3 aromatic rings. The van der Waals surface area contributed by atoms with Gasteiger partial charge in [0.25, 0.3) is 17.5 Å². The van der Waals surface area contributed by atoms with Gasteiger partial charge in [0.05, 0.1) is 20.1 Å². The Labute approximate surface area is 228 Å². The molecule has 1 aliphatic rings. The van der Waals surface area contributed by atoms with E-state index in [0.29, 0.717) is 20.6 Å². The highest BCUT2D eigenvalue weighted by molar-refractivity contribution is 9.10. The maximum Gasteiger partial charge on any atom is 0.335 e. The molecule has 9 nitrogen and oxygen atoms in total. The third-order valence-corrected chi connectivity index (χ3v) is 6.63. The van der Waals surface area contributed by atoms with Gasteiger partial charge in [0, 0.05) is 17.2 Å². The van der Waals surface area contributed by atoms with Gasteiger partial charge in [-0.25, -0.2) is 9.69 Å². The van der Waals surface area contributed by atoms with Crippen LogP contribution in [0.5, 0.6) is 5.75 Å². The first-order valence-electron chi connectivity index (χ1n) is 10.6. The van der Waals surface area contributed by atoms with E-state index >= 15 is 0 Å². The van der Waals surface area contributed by atoms with Gasteiger partial charge in [-0.3, -0.25) is 25.0 Å². The van der Waals surface area contributed by atoms with E-state index in [2.05, 4.69) is 21.2 Å². The minimum absolute atomic E-state index is 0.0114. The number of urea groups is 1. The van der Waals surface area contributed by atoms with Crippen molar-refractivity contribution in [1.29, 1.82) is 0 Å². The maximum atomic E-state index is 13.1. The summed E-state index contributed by atoms with van der Waals surface area (Å²) in [7, 11) is 0. The molecule has 3 aromatic carbocycles. The quantitative estimate of drug-likeness (QED) is 0.154. The fraction of sp³-hybridized carbons (Fsp3) is 0.0800. The second-order valence-electron chi connectivity index (χ2n) is 7.92. The number of anilines is 1. The number of nitro groups is 1. The summed E-state index contributed by atoms with van der Waals surface area (Å²) in [5.74, 6) is -1.42. The normalized spacial score (nSPS) is 14.6. The third kappa shape index (κ3) is 5.66. The number of nitrogens with zero attached hydrogens (tertiary/aromatic N) is 2. The van der Waals surface area contributed by atoms with Crippen molar-refractivity contribution in [3.8, 4) is 5.75 Å². The molecule has 188 valence electrons. The van der Waals surface area contributed by atoms with Crippen molar-refractivity contribution < 1.29 is 24.0 Å². The summed E-state index contributed by atoms with van der Waals surface area (Å²) in [5.41, 5.74) is 1.56. The SMILES string of the molecule is Cc1ccc(N2C(=O)NC(=O)/C(=C/c3cc(Cl)c(OCc4cccc([N+](=O)[O-])c4)c(Br)c3)C2=O)cc1Cl. The second kappa shape index (κ2) is 10.7. The van der Waals surface area contributed by atoms with Crippen LogP contribution in [0, 0.1) is 17.0 Å². The number of imide groups is 2. The van der Waals surface area contributed by atoms with Gasteiger partial charge in [-0.1, -0.05) is 41.4 Å². The number of barbiturate groups is 1. The van der Waals surface area contributed by atoms with E-state index in [1.54, 1.807) is 37.3 Å². The van der Waals surface area contributed by atoms with E-state index in [-0.39, 0.29) is 34.3 Å². The average Bonchev–Trinajstić information content (AvgIpc) is 2.83. The second-order valence-corrected chi connectivity index (χ2v) is 9.59. The zero-order valence-electron chi connectivity index (χ0n) is 19.0. The third-order valence-electron chi connectivity index (χ3n) is 5.35. The molecule has 0 aromatic heterocycles. The minimum Gasteiger partial charge on any atom is -0.486 e. The van der Waals surface area contributed by atoms with Gasteiger partial charge in [0.15, 0.2) is 5.75 Å². The van der Waals surface area contributed by atoms with Crippen LogP contribution in [0.4, 0.5) is 16.2 Å². The molecule has 1 aliphatic heterocycles. The smallest absolute Gasteiger partial charge is 0.335 e. The van der Waals surface area contributed by atoms with E-state index in [9.17, 15) is 24.5 Å². The number of nitrogens with one attached hydrogen (secondary N) is 1. The number of rotatable bonds is 6. The highest BCUT2D eigenvalue weighted by Gasteiger charge is 2.37. The molecule has 0 radical (unpaired) electrons. The fourth-order valence-corrected chi connectivity index (χ4v) is 4.66. The molecule has 0 bridgehead atoms. The number of amides is 4. The van der Waals surface area contributed by atoms with Gasteiger partial charge in [0.1, 0.15) is 12.2 Å². The number of carbonyl (C=O) groups excluding carboxylic acids is 3. The molecule has 0 unspecified atom stereocenters. The number of halogens is 3. The van der Waals surface area contributed by atoms with Gasteiger partial charge >= 0.3 is 6.03 Å². The number of carbonyl (C=O) groups is 3. The molecule has 0 atom stereocenters. The molecule has 0 aliphatic carbocycles. The van der Waals surface area contributed by atoms with E-state index in [4.69, 9.17) is 27.9 Å². The molecule has 37 heavy (non-hydrogen) atoms. The van der Waals surface area contributed by atoms with Crippen molar-refractivity contribution >= 4 is 74.4 Å². The minimum atomic E-state index is -0.892. The lowest BCUT2D eigenvalue weighted by atomic mass is 10.1. The van der Waals surface area contributed by atoms with Crippen LogP contribution in [0.2, 0.25) is 10.0 Å². The van der Waals surface area contributed by atoms with Crippen LogP contribution in [0.3, 0.4) is 0 Å². The summed E-state index contributed by atoms with van der Waals surface area (Å²) in [6, 6.07) is 12.8. The highest BCUT2D eigenvalue weighted by atomic mass is 79.9. The number of aryl methyl sites for hydroxylation is 1. The first kappa shape index (κ1) is 26.3. The van der Waals surface area contributed by atoms with Crippen LogP contribution in [-0.2, 0) is 16.2 Å². The predicted octanol–water partition coefficient (Wildman–Crippen LogP) is 6.22. The molecular weight excluding hydrogens is 589 g/mol. The zero-order valence-corrected chi connectivity index (χ0v) is 22.1. The molecule has 1 N–H and O–H groups in total. The Balaban J connectivity index is 1.60. The van der Waals surface area contributed by atoms with Crippen LogP contribution in [0.25, 0.3) is 6.08 Å². The number of nitro benzene ring substituents is 1. The highest BCUT2D eigenvalue weighted by Crippen LogP contribution is 2.36. The number of hydrogen-bond donors (Lipinski definition) is 1. The van der Waals surface area contributed by atoms with Gasteiger partial charge in [-0.05, 0) is 69.9 Å². The van der Waals surface area contributed by atoms with Crippen molar-refractivity contribution in [2.45, 2.75) is 13.5 Å². The predicted molar refractivity (Wildman–Crippen MR) is 142 cm³/mol. The van der Waals surface area contributed by atoms with E-state index < -0.39 is 22.8 Å². The summed E-state index contributed by atoms with van der Waals surface area (Å²) in [5, 5.41) is 13.7. The van der Waals surface area contributed by atoms with E-state index in [0.717, 1.165) is 10.5 Å². The summed E-state index contributed by atoms with van der Waals surface area (Å²) >= 11 is 15.9. The molecule has 1 fully saturated rings. The number of non-ortho nitro benzene ring substituents is 1. The van der Waals surface area contributed by atoms with Gasteiger partial charge in [0.2, 0.25) is 0 Å². The fourth-order valence-electron chi connectivity index (χ4n) is 3.50. The van der Waals surface area contributed by atoms with Crippen molar-refractivity contribution in [2.75, 3.05) is 4.90 Å². The molecule has 4 amide bonds. The molecule has 1 saturated heterocycles.